The highest BCUT2D eigenvalue weighted by atomic mass is 16.2. The summed E-state index contributed by atoms with van der Waals surface area (Å²) in [5.74, 6) is 0. The van der Waals surface area contributed by atoms with Gasteiger partial charge in [-0.05, 0) is 46.7 Å². The summed E-state index contributed by atoms with van der Waals surface area (Å²) in [6.45, 7) is 7.74. The van der Waals surface area contributed by atoms with E-state index in [1.165, 1.54) is 16.0 Å². The molecular weight excluding hydrogens is 364 g/mol. The number of nitrogens with zero attached hydrogens (tertiary/aromatic N) is 2. The van der Waals surface area contributed by atoms with Gasteiger partial charge in [-0.25, -0.2) is 9.59 Å². The van der Waals surface area contributed by atoms with Crippen LogP contribution >= 0.6 is 0 Å². The van der Waals surface area contributed by atoms with Crippen molar-refractivity contribution in [2.45, 2.75) is 39.2 Å². The molecule has 0 fully saturated rings. The molecule has 0 spiro atoms. The first kappa shape index (κ1) is 20.7. The maximum absolute atomic E-state index is 12.7. The van der Waals surface area contributed by atoms with Crippen molar-refractivity contribution in [3.8, 4) is 0 Å². The summed E-state index contributed by atoms with van der Waals surface area (Å²) in [6.07, 6.45) is 0.882. The van der Waals surface area contributed by atoms with Crippen LogP contribution in [0.2, 0.25) is 0 Å². The number of benzene rings is 2. The Morgan fingerprint density at radius 1 is 1.07 bits per heavy atom. The third-order valence-electron chi connectivity index (χ3n) is 5.14. The van der Waals surface area contributed by atoms with Crippen LogP contribution < -0.4 is 15.5 Å². The van der Waals surface area contributed by atoms with Crippen LogP contribution in [-0.4, -0.2) is 37.6 Å². The Labute approximate surface area is 172 Å². The average molecular weight is 395 g/mol. The van der Waals surface area contributed by atoms with Gasteiger partial charge >= 0.3 is 12.1 Å². The first-order valence-electron chi connectivity index (χ1n) is 9.91. The average Bonchev–Trinajstić information content (AvgIpc) is 3.09. The molecule has 1 heterocycles. The van der Waals surface area contributed by atoms with E-state index in [1.54, 1.807) is 14.1 Å². The lowest BCUT2D eigenvalue weighted by Gasteiger charge is -2.22. The quantitative estimate of drug-likeness (QED) is 0.813. The standard InChI is InChI=1S/C23H30N4O2/c1-23(2,3)18-8-11-20-17(14-18)12-13-27(20)21(28)24-15-16-6-9-19(10-7-16)25-22(29)26(4)5/h6-11,14H,12-13,15H2,1-5H3,(H,24,28)(H,25,29). The van der Waals surface area contributed by atoms with Crippen molar-refractivity contribution in [2.24, 2.45) is 0 Å². The van der Waals surface area contributed by atoms with Crippen molar-refractivity contribution in [3.05, 3.63) is 59.2 Å². The molecule has 2 aromatic carbocycles. The van der Waals surface area contributed by atoms with Gasteiger partial charge in [0.15, 0.2) is 0 Å². The predicted octanol–water partition coefficient (Wildman–Crippen LogP) is 4.35. The van der Waals surface area contributed by atoms with Crippen molar-refractivity contribution in [1.29, 1.82) is 0 Å². The molecule has 0 saturated heterocycles. The van der Waals surface area contributed by atoms with Gasteiger partial charge in [0.2, 0.25) is 0 Å². The van der Waals surface area contributed by atoms with E-state index in [4.69, 9.17) is 0 Å². The van der Waals surface area contributed by atoms with Gasteiger partial charge in [-0.3, -0.25) is 4.90 Å². The van der Waals surface area contributed by atoms with E-state index >= 15 is 0 Å². The van der Waals surface area contributed by atoms with Gasteiger partial charge in [-0.1, -0.05) is 45.0 Å². The number of amides is 4. The van der Waals surface area contributed by atoms with E-state index in [-0.39, 0.29) is 17.5 Å². The monoisotopic (exact) mass is 394 g/mol. The van der Waals surface area contributed by atoms with Crippen molar-refractivity contribution in [3.63, 3.8) is 0 Å². The summed E-state index contributed by atoms with van der Waals surface area (Å²) in [4.78, 5) is 27.7. The molecule has 4 amide bonds. The lowest BCUT2D eigenvalue weighted by molar-refractivity contribution is 0.230. The van der Waals surface area contributed by atoms with E-state index in [0.717, 1.165) is 23.4 Å². The Hall–Kier alpha value is -3.02. The molecule has 0 bridgehead atoms. The maximum Gasteiger partial charge on any atom is 0.322 e. The van der Waals surface area contributed by atoms with Crippen molar-refractivity contribution in [2.75, 3.05) is 30.9 Å². The van der Waals surface area contributed by atoms with Crippen molar-refractivity contribution < 1.29 is 9.59 Å². The lowest BCUT2D eigenvalue weighted by Crippen LogP contribution is -2.38. The normalized spacial score (nSPS) is 13.1. The van der Waals surface area contributed by atoms with Crippen LogP contribution in [0, 0.1) is 0 Å². The second-order valence-electron chi connectivity index (χ2n) is 8.68. The molecule has 0 atom stereocenters. The maximum atomic E-state index is 12.7. The Morgan fingerprint density at radius 3 is 2.38 bits per heavy atom. The van der Waals surface area contributed by atoms with Gasteiger partial charge in [0.25, 0.3) is 0 Å². The first-order chi connectivity index (χ1) is 13.6. The highest BCUT2D eigenvalue weighted by molar-refractivity contribution is 5.94. The molecule has 29 heavy (non-hydrogen) atoms. The predicted molar refractivity (Wildman–Crippen MR) is 118 cm³/mol. The van der Waals surface area contributed by atoms with E-state index in [1.807, 2.05) is 29.2 Å². The minimum absolute atomic E-state index is 0.0859. The number of urea groups is 2. The summed E-state index contributed by atoms with van der Waals surface area (Å²) < 4.78 is 0. The highest BCUT2D eigenvalue weighted by Gasteiger charge is 2.26. The summed E-state index contributed by atoms with van der Waals surface area (Å²) >= 11 is 0. The molecule has 6 nitrogen and oxygen atoms in total. The molecule has 0 aliphatic carbocycles. The number of fused-ring (bicyclic) bond motifs is 1. The van der Waals surface area contributed by atoms with Crippen LogP contribution in [0.3, 0.4) is 0 Å². The van der Waals surface area contributed by atoms with Gasteiger partial charge in [-0.2, -0.15) is 0 Å². The first-order valence-corrected chi connectivity index (χ1v) is 9.91. The zero-order valence-corrected chi connectivity index (χ0v) is 17.9. The highest BCUT2D eigenvalue weighted by Crippen LogP contribution is 2.32. The minimum atomic E-state index is -0.173. The Kier molecular flexibility index (Phi) is 5.82. The van der Waals surface area contributed by atoms with Crippen LogP contribution in [0.15, 0.2) is 42.5 Å². The van der Waals surface area contributed by atoms with Gasteiger partial charge in [-0.15, -0.1) is 0 Å². The van der Waals surface area contributed by atoms with Crippen LogP contribution in [0.5, 0.6) is 0 Å². The number of anilines is 2. The summed E-state index contributed by atoms with van der Waals surface area (Å²) in [7, 11) is 3.39. The Balaban J connectivity index is 1.59. The molecular formula is C23H30N4O2. The third-order valence-corrected chi connectivity index (χ3v) is 5.14. The number of carbonyl (C=O) groups is 2. The number of hydrogen-bond acceptors (Lipinski definition) is 2. The fourth-order valence-corrected chi connectivity index (χ4v) is 3.29. The van der Waals surface area contributed by atoms with E-state index in [0.29, 0.717) is 13.1 Å². The summed E-state index contributed by atoms with van der Waals surface area (Å²) in [5, 5.41) is 5.79. The number of carbonyl (C=O) groups excluding carboxylic acids is 2. The van der Waals surface area contributed by atoms with E-state index in [2.05, 4.69) is 49.6 Å². The van der Waals surface area contributed by atoms with E-state index in [9.17, 15) is 9.59 Å². The lowest BCUT2D eigenvalue weighted by atomic mass is 9.86. The summed E-state index contributed by atoms with van der Waals surface area (Å²) in [5.41, 5.74) is 5.32. The van der Waals surface area contributed by atoms with Gasteiger partial charge in [0.05, 0.1) is 0 Å². The molecule has 0 unspecified atom stereocenters. The Morgan fingerprint density at radius 2 is 1.76 bits per heavy atom. The zero-order chi connectivity index (χ0) is 21.2. The van der Waals surface area contributed by atoms with Gasteiger partial charge < -0.3 is 15.5 Å². The van der Waals surface area contributed by atoms with Crippen LogP contribution in [-0.2, 0) is 18.4 Å². The largest absolute Gasteiger partial charge is 0.334 e. The van der Waals surface area contributed by atoms with E-state index < -0.39 is 0 Å². The smallest absolute Gasteiger partial charge is 0.322 e. The second-order valence-corrected chi connectivity index (χ2v) is 8.68. The van der Waals surface area contributed by atoms with Gasteiger partial charge in [0.1, 0.15) is 0 Å². The van der Waals surface area contributed by atoms with Crippen LogP contribution in [0.1, 0.15) is 37.5 Å². The molecule has 3 rings (SSSR count). The molecule has 1 aliphatic heterocycles. The molecule has 154 valence electrons. The topological polar surface area (TPSA) is 64.7 Å². The SMILES string of the molecule is CN(C)C(=O)Nc1ccc(CNC(=O)N2CCc3cc(C(C)(C)C)ccc32)cc1. The number of rotatable bonds is 3. The van der Waals surface area contributed by atoms with Crippen molar-refractivity contribution in [1.82, 2.24) is 10.2 Å². The molecule has 2 aromatic rings. The molecule has 2 N–H and O–H groups in total. The zero-order valence-electron chi connectivity index (χ0n) is 17.9. The molecule has 0 saturated carbocycles. The molecule has 1 aliphatic rings. The van der Waals surface area contributed by atoms with Crippen LogP contribution in [0.4, 0.5) is 21.0 Å². The number of nitrogens with one attached hydrogen (secondary N) is 2. The minimum Gasteiger partial charge on any atom is -0.334 e. The fourth-order valence-electron chi connectivity index (χ4n) is 3.29. The van der Waals surface area contributed by atoms with Crippen LogP contribution in [0.25, 0.3) is 0 Å². The Bertz CT molecular complexity index is 898. The molecule has 0 radical (unpaired) electrons. The fraction of sp³-hybridized carbons (Fsp3) is 0.391. The second kappa shape index (κ2) is 8.15. The summed E-state index contributed by atoms with van der Waals surface area (Å²) in [6, 6.07) is 13.6. The molecule has 0 aromatic heterocycles. The molecule has 6 heteroatoms. The van der Waals surface area contributed by atoms with Gasteiger partial charge in [0, 0.05) is 38.6 Å². The number of hydrogen-bond donors (Lipinski definition) is 2. The van der Waals surface area contributed by atoms with Crippen molar-refractivity contribution >= 4 is 23.4 Å². The third kappa shape index (κ3) is 4.88.